The summed E-state index contributed by atoms with van der Waals surface area (Å²) in [5, 5.41) is 12.9. The van der Waals surface area contributed by atoms with Crippen LogP contribution < -0.4 is 5.32 Å². The van der Waals surface area contributed by atoms with Crippen LogP contribution in [0.5, 0.6) is 5.75 Å². The predicted octanol–water partition coefficient (Wildman–Crippen LogP) is 2.23. The molecule has 1 aliphatic heterocycles. The summed E-state index contributed by atoms with van der Waals surface area (Å²) in [4.78, 5) is 14.0. The number of hydrogen-bond donors (Lipinski definition) is 2. The highest BCUT2D eigenvalue weighted by molar-refractivity contribution is 9.10. The molecule has 1 aromatic carbocycles. The molecule has 1 amide bonds. The van der Waals surface area contributed by atoms with Crippen molar-refractivity contribution in [2.45, 2.75) is 12.8 Å². The fourth-order valence-corrected chi connectivity index (χ4v) is 2.65. The van der Waals surface area contributed by atoms with Crippen molar-refractivity contribution in [1.29, 1.82) is 0 Å². The maximum absolute atomic E-state index is 12.3. The first kappa shape index (κ1) is 14.3. The summed E-state index contributed by atoms with van der Waals surface area (Å²) in [5.74, 6) is 0.627. The molecule has 1 heterocycles. The van der Waals surface area contributed by atoms with Gasteiger partial charge in [0.15, 0.2) is 0 Å². The van der Waals surface area contributed by atoms with Crippen molar-refractivity contribution < 1.29 is 9.90 Å². The molecule has 0 atom stereocenters. The number of halogens is 1. The molecule has 1 aromatic rings. The van der Waals surface area contributed by atoms with Crippen LogP contribution in [0.1, 0.15) is 23.2 Å². The van der Waals surface area contributed by atoms with E-state index in [0.29, 0.717) is 16.0 Å². The number of phenols is 1. The molecular weight excluding hydrogens is 308 g/mol. The van der Waals surface area contributed by atoms with Gasteiger partial charge in [0, 0.05) is 19.2 Å². The summed E-state index contributed by atoms with van der Waals surface area (Å²) in [7, 11) is 1.82. The summed E-state index contributed by atoms with van der Waals surface area (Å²) < 4.78 is 0.602. The van der Waals surface area contributed by atoms with E-state index in [2.05, 4.69) is 21.2 Å². The predicted molar refractivity (Wildman–Crippen MR) is 78.4 cm³/mol. The molecule has 0 radical (unpaired) electrons. The lowest BCUT2D eigenvalue weighted by atomic mass is 9.97. The van der Waals surface area contributed by atoms with Gasteiger partial charge in [0.05, 0.1) is 4.47 Å². The van der Waals surface area contributed by atoms with Crippen LogP contribution in [0.25, 0.3) is 0 Å². The Balaban J connectivity index is 1.99. The number of amides is 1. The Labute approximate surface area is 121 Å². The lowest BCUT2D eigenvalue weighted by Crippen LogP contribution is -2.37. The van der Waals surface area contributed by atoms with Crippen LogP contribution in [0.3, 0.4) is 0 Å². The minimum Gasteiger partial charge on any atom is -0.507 e. The van der Waals surface area contributed by atoms with Crippen molar-refractivity contribution in [3.8, 4) is 5.75 Å². The minimum absolute atomic E-state index is 0.0404. The van der Waals surface area contributed by atoms with Gasteiger partial charge in [-0.3, -0.25) is 4.79 Å². The third-order valence-corrected chi connectivity index (χ3v) is 4.20. The first-order valence-corrected chi connectivity index (χ1v) is 7.32. The van der Waals surface area contributed by atoms with Crippen molar-refractivity contribution >= 4 is 21.8 Å². The molecule has 0 aliphatic carbocycles. The summed E-state index contributed by atoms with van der Waals surface area (Å²) in [5.41, 5.74) is 0.525. The molecule has 0 saturated carbocycles. The molecule has 0 spiro atoms. The highest BCUT2D eigenvalue weighted by atomic mass is 79.9. The second kappa shape index (κ2) is 6.39. The summed E-state index contributed by atoms with van der Waals surface area (Å²) in [6, 6.07) is 4.93. The van der Waals surface area contributed by atoms with Crippen LogP contribution >= 0.6 is 15.9 Å². The Bertz CT molecular complexity index is 459. The standard InChI is InChI=1S/C14H19BrN2O2/c1-17(9-10-4-6-16-7-5-10)14(19)11-2-3-12(15)13(18)8-11/h2-3,8,10,16,18H,4-7,9H2,1H3. The zero-order valence-corrected chi connectivity index (χ0v) is 12.6. The Morgan fingerprint density at radius 2 is 2.16 bits per heavy atom. The lowest BCUT2D eigenvalue weighted by Gasteiger charge is -2.27. The molecular formula is C14H19BrN2O2. The maximum Gasteiger partial charge on any atom is 0.253 e. The average Bonchev–Trinajstić information content (AvgIpc) is 2.42. The summed E-state index contributed by atoms with van der Waals surface area (Å²) >= 11 is 3.21. The lowest BCUT2D eigenvalue weighted by molar-refractivity contribution is 0.0762. The molecule has 104 valence electrons. The topological polar surface area (TPSA) is 52.6 Å². The molecule has 0 aromatic heterocycles. The summed E-state index contributed by atoms with van der Waals surface area (Å²) in [6.07, 6.45) is 2.23. The highest BCUT2D eigenvalue weighted by Crippen LogP contribution is 2.25. The Hall–Kier alpha value is -1.07. The molecule has 2 rings (SSSR count). The van der Waals surface area contributed by atoms with Crippen LogP contribution in [-0.2, 0) is 0 Å². The second-order valence-electron chi connectivity index (χ2n) is 5.05. The van der Waals surface area contributed by atoms with E-state index in [0.717, 1.165) is 32.5 Å². The normalized spacial score (nSPS) is 16.3. The molecule has 19 heavy (non-hydrogen) atoms. The van der Waals surface area contributed by atoms with Crippen molar-refractivity contribution in [2.75, 3.05) is 26.7 Å². The molecule has 0 unspecified atom stereocenters. The largest absolute Gasteiger partial charge is 0.507 e. The average molecular weight is 327 g/mol. The minimum atomic E-state index is -0.0404. The van der Waals surface area contributed by atoms with Crippen LogP contribution in [0.15, 0.2) is 22.7 Å². The molecule has 2 N–H and O–H groups in total. The molecule has 4 nitrogen and oxygen atoms in total. The zero-order chi connectivity index (χ0) is 13.8. The Morgan fingerprint density at radius 1 is 1.47 bits per heavy atom. The van der Waals surface area contributed by atoms with E-state index in [9.17, 15) is 9.90 Å². The van der Waals surface area contributed by atoms with Crippen LogP contribution in [0.2, 0.25) is 0 Å². The van der Waals surface area contributed by atoms with Gasteiger partial charge in [0.1, 0.15) is 5.75 Å². The quantitative estimate of drug-likeness (QED) is 0.895. The van der Waals surface area contributed by atoms with Gasteiger partial charge in [-0.15, -0.1) is 0 Å². The second-order valence-corrected chi connectivity index (χ2v) is 5.90. The molecule has 1 aliphatic rings. The smallest absolute Gasteiger partial charge is 0.253 e. The van der Waals surface area contributed by atoms with Gasteiger partial charge >= 0.3 is 0 Å². The number of hydrogen-bond acceptors (Lipinski definition) is 3. The van der Waals surface area contributed by atoms with Crippen LogP contribution in [0, 0.1) is 5.92 Å². The zero-order valence-electron chi connectivity index (χ0n) is 11.0. The number of nitrogens with zero attached hydrogens (tertiary/aromatic N) is 1. The van der Waals surface area contributed by atoms with E-state index >= 15 is 0 Å². The van der Waals surface area contributed by atoms with Gasteiger partial charge in [0.25, 0.3) is 5.91 Å². The van der Waals surface area contributed by atoms with E-state index in [1.54, 1.807) is 17.0 Å². The summed E-state index contributed by atoms with van der Waals surface area (Å²) in [6.45, 7) is 2.84. The molecule has 1 fully saturated rings. The number of aromatic hydroxyl groups is 1. The number of phenolic OH excluding ortho intramolecular Hbond substituents is 1. The Kier molecular flexibility index (Phi) is 4.82. The van der Waals surface area contributed by atoms with Gasteiger partial charge < -0.3 is 15.3 Å². The highest BCUT2D eigenvalue weighted by Gasteiger charge is 2.19. The van der Waals surface area contributed by atoms with Crippen LogP contribution in [0.4, 0.5) is 0 Å². The monoisotopic (exact) mass is 326 g/mol. The van der Waals surface area contributed by atoms with Crippen molar-refractivity contribution in [2.24, 2.45) is 5.92 Å². The van der Waals surface area contributed by atoms with E-state index < -0.39 is 0 Å². The number of nitrogens with one attached hydrogen (secondary N) is 1. The SMILES string of the molecule is CN(CC1CCNCC1)C(=O)c1ccc(Br)c(O)c1. The van der Waals surface area contributed by atoms with Gasteiger partial charge in [-0.05, 0) is 66.0 Å². The van der Waals surface area contributed by atoms with Gasteiger partial charge in [-0.25, -0.2) is 0 Å². The van der Waals surface area contributed by atoms with Crippen LogP contribution in [-0.4, -0.2) is 42.6 Å². The van der Waals surface area contributed by atoms with Gasteiger partial charge in [-0.1, -0.05) is 0 Å². The third kappa shape index (κ3) is 3.70. The molecule has 5 heteroatoms. The fourth-order valence-electron chi connectivity index (χ4n) is 2.40. The third-order valence-electron chi connectivity index (χ3n) is 3.53. The first-order valence-electron chi connectivity index (χ1n) is 6.52. The van der Waals surface area contributed by atoms with Crippen molar-refractivity contribution in [1.82, 2.24) is 10.2 Å². The first-order chi connectivity index (χ1) is 9.08. The molecule has 1 saturated heterocycles. The van der Waals surface area contributed by atoms with Crippen molar-refractivity contribution in [3.63, 3.8) is 0 Å². The Morgan fingerprint density at radius 3 is 2.79 bits per heavy atom. The van der Waals surface area contributed by atoms with Gasteiger partial charge in [-0.2, -0.15) is 0 Å². The van der Waals surface area contributed by atoms with E-state index in [1.807, 2.05) is 7.05 Å². The van der Waals surface area contributed by atoms with Gasteiger partial charge in [0.2, 0.25) is 0 Å². The number of carbonyl (C=O) groups is 1. The van der Waals surface area contributed by atoms with Crippen molar-refractivity contribution in [3.05, 3.63) is 28.2 Å². The number of piperidine rings is 1. The number of carbonyl (C=O) groups excluding carboxylic acids is 1. The van der Waals surface area contributed by atoms with E-state index in [-0.39, 0.29) is 11.7 Å². The van der Waals surface area contributed by atoms with E-state index in [4.69, 9.17) is 0 Å². The fraction of sp³-hybridized carbons (Fsp3) is 0.500. The number of benzene rings is 1. The number of rotatable bonds is 3. The van der Waals surface area contributed by atoms with E-state index in [1.165, 1.54) is 6.07 Å². The molecule has 0 bridgehead atoms. The maximum atomic E-state index is 12.3.